The van der Waals surface area contributed by atoms with Crippen molar-refractivity contribution < 1.29 is 14.3 Å². The van der Waals surface area contributed by atoms with Gasteiger partial charge in [-0.2, -0.15) is 0 Å². The third-order valence-corrected chi connectivity index (χ3v) is 4.98. The quantitative estimate of drug-likeness (QED) is 0.801. The second-order valence-electron chi connectivity index (χ2n) is 6.03. The average Bonchev–Trinajstić information content (AvgIpc) is 2.95. The lowest BCUT2D eigenvalue weighted by atomic mass is 10.0. The van der Waals surface area contributed by atoms with E-state index in [1.165, 1.54) is 18.1 Å². The Morgan fingerprint density at radius 3 is 2.74 bits per heavy atom. The van der Waals surface area contributed by atoms with Crippen molar-refractivity contribution in [2.45, 2.75) is 31.7 Å². The number of amides is 1. The summed E-state index contributed by atoms with van der Waals surface area (Å²) in [6.45, 7) is 5.79. The van der Waals surface area contributed by atoms with Crippen LogP contribution in [0, 0.1) is 11.7 Å². The maximum absolute atomic E-state index is 13.1. The van der Waals surface area contributed by atoms with E-state index in [-0.39, 0.29) is 29.7 Å². The standard InChI is InChI=1S/C17H24FN2O2S/c1-12(2)11-20-8-10-23-17(20)16(22)19-15(7-9-21)13-3-5-14(18)6-4-13/h3-6,15,17,21H,7-11H2,1-2H3,(H,19,22). The molecule has 127 valence electrons. The van der Waals surface area contributed by atoms with Crippen LogP contribution < -0.4 is 5.32 Å². The summed E-state index contributed by atoms with van der Waals surface area (Å²) in [5.41, 5.74) is 0.807. The predicted octanol–water partition coefficient (Wildman–Crippen LogP) is 2.35. The van der Waals surface area contributed by atoms with Gasteiger partial charge in [-0.3, -0.25) is 9.69 Å². The first-order valence-corrected chi connectivity index (χ1v) is 8.87. The highest BCUT2D eigenvalue weighted by atomic mass is 32.2. The molecule has 1 amide bonds. The van der Waals surface area contributed by atoms with Crippen molar-refractivity contribution in [2.24, 2.45) is 0 Å². The van der Waals surface area contributed by atoms with Crippen LogP contribution in [0.25, 0.3) is 0 Å². The number of nitrogens with one attached hydrogen (secondary N) is 1. The molecule has 0 spiro atoms. The Kier molecular flexibility index (Phi) is 6.87. The molecule has 2 rings (SSSR count). The zero-order chi connectivity index (χ0) is 16.8. The van der Waals surface area contributed by atoms with Crippen molar-refractivity contribution in [2.75, 3.05) is 25.4 Å². The summed E-state index contributed by atoms with van der Waals surface area (Å²) in [6.07, 6.45) is 0.410. The van der Waals surface area contributed by atoms with Crippen molar-refractivity contribution in [3.63, 3.8) is 0 Å². The lowest BCUT2D eigenvalue weighted by molar-refractivity contribution is -0.124. The van der Waals surface area contributed by atoms with E-state index in [1.54, 1.807) is 23.9 Å². The molecule has 2 N–H and O–H groups in total. The SMILES string of the molecule is C[C](C)CN1CCSC1C(=O)NC(CCO)c1ccc(F)cc1. The number of halogens is 1. The van der Waals surface area contributed by atoms with Crippen molar-refractivity contribution in [3.8, 4) is 0 Å². The van der Waals surface area contributed by atoms with Gasteiger partial charge in [0.15, 0.2) is 0 Å². The summed E-state index contributed by atoms with van der Waals surface area (Å²) in [5, 5.41) is 12.1. The molecule has 0 bridgehead atoms. The molecule has 2 atom stereocenters. The minimum absolute atomic E-state index is 0.0360. The summed E-state index contributed by atoms with van der Waals surface area (Å²) in [5.74, 6) is 1.86. The maximum atomic E-state index is 13.1. The lowest BCUT2D eigenvalue weighted by Gasteiger charge is -2.26. The first kappa shape index (κ1) is 18.2. The summed E-state index contributed by atoms with van der Waals surface area (Å²) >= 11 is 1.64. The van der Waals surface area contributed by atoms with E-state index < -0.39 is 0 Å². The van der Waals surface area contributed by atoms with Crippen LogP contribution in [-0.4, -0.2) is 46.7 Å². The van der Waals surface area contributed by atoms with E-state index in [9.17, 15) is 14.3 Å². The molecule has 1 fully saturated rings. The minimum Gasteiger partial charge on any atom is -0.396 e. The van der Waals surface area contributed by atoms with E-state index in [0.29, 0.717) is 6.42 Å². The van der Waals surface area contributed by atoms with Gasteiger partial charge in [0.05, 0.1) is 6.04 Å². The Balaban J connectivity index is 2.04. The molecule has 1 aliphatic rings. The van der Waals surface area contributed by atoms with Gasteiger partial charge >= 0.3 is 0 Å². The highest BCUT2D eigenvalue weighted by Gasteiger charge is 2.32. The van der Waals surface area contributed by atoms with Crippen LogP contribution in [0.2, 0.25) is 0 Å². The first-order valence-electron chi connectivity index (χ1n) is 7.82. The third-order valence-electron chi connectivity index (χ3n) is 3.74. The fourth-order valence-corrected chi connectivity index (χ4v) is 3.88. The van der Waals surface area contributed by atoms with Crippen molar-refractivity contribution >= 4 is 17.7 Å². The van der Waals surface area contributed by atoms with Crippen molar-refractivity contribution in [3.05, 3.63) is 41.6 Å². The molecule has 1 aromatic carbocycles. The third kappa shape index (κ3) is 5.19. The van der Waals surface area contributed by atoms with Crippen LogP contribution in [-0.2, 0) is 4.79 Å². The number of nitrogens with zero attached hydrogens (tertiary/aromatic N) is 1. The molecule has 1 radical (unpaired) electrons. The van der Waals surface area contributed by atoms with Crippen molar-refractivity contribution in [1.82, 2.24) is 10.2 Å². The number of thioether (sulfide) groups is 1. The highest BCUT2D eigenvalue weighted by Crippen LogP contribution is 2.26. The van der Waals surface area contributed by atoms with Gasteiger partial charge in [-0.1, -0.05) is 26.0 Å². The van der Waals surface area contributed by atoms with E-state index in [4.69, 9.17) is 0 Å². The van der Waals surface area contributed by atoms with E-state index in [2.05, 4.69) is 24.1 Å². The molecule has 4 nitrogen and oxygen atoms in total. The topological polar surface area (TPSA) is 52.6 Å². The van der Waals surface area contributed by atoms with Crippen LogP contribution >= 0.6 is 11.8 Å². The molecule has 0 aromatic heterocycles. The van der Waals surface area contributed by atoms with E-state index in [0.717, 1.165) is 24.4 Å². The van der Waals surface area contributed by atoms with Crippen LogP contribution in [0.1, 0.15) is 31.9 Å². The minimum atomic E-state index is -0.311. The molecule has 1 saturated heterocycles. The van der Waals surface area contributed by atoms with Gasteiger partial charge in [0.1, 0.15) is 11.2 Å². The molecule has 0 saturated carbocycles. The molecular formula is C17H24FN2O2S. The zero-order valence-electron chi connectivity index (χ0n) is 13.6. The fourth-order valence-electron chi connectivity index (χ4n) is 2.70. The van der Waals surface area contributed by atoms with Crippen molar-refractivity contribution in [1.29, 1.82) is 0 Å². The van der Waals surface area contributed by atoms with E-state index in [1.807, 2.05) is 0 Å². The van der Waals surface area contributed by atoms with Gasteiger partial charge in [0.25, 0.3) is 0 Å². The number of hydrogen-bond donors (Lipinski definition) is 2. The Hall–Kier alpha value is -1.11. The van der Waals surface area contributed by atoms with Gasteiger partial charge in [-0.05, 0) is 30.0 Å². The van der Waals surface area contributed by atoms with E-state index >= 15 is 0 Å². The predicted molar refractivity (Wildman–Crippen MR) is 91.4 cm³/mol. The van der Waals surface area contributed by atoms with Crippen LogP contribution in [0.4, 0.5) is 4.39 Å². The van der Waals surface area contributed by atoms with Crippen LogP contribution in [0.5, 0.6) is 0 Å². The van der Waals surface area contributed by atoms with Gasteiger partial charge in [0.2, 0.25) is 5.91 Å². The molecule has 1 aliphatic heterocycles. The fraction of sp³-hybridized carbons (Fsp3) is 0.529. The first-order chi connectivity index (χ1) is 11.0. The zero-order valence-corrected chi connectivity index (χ0v) is 14.4. The number of carbonyl (C=O) groups is 1. The smallest absolute Gasteiger partial charge is 0.248 e. The molecule has 2 unspecified atom stereocenters. The summed E-state index contributed by atoms with van der Waals surface area (Å²) in [6, 6.07) is 5.75. The highest BCUT2D eigenvalue weighted by molar-refractivity contribution is 8.00. The Labute approximate surface area is 141 Å². The summed E-state index contributed by atoms with van der Waals surface area (Å²) in [4.78, 5) is 14.8. The number of hydrogen-bond acceptors (Lipinski definition) is 4. The van der Waals surface area contributed by atoms with Gasteiger partial charge < -0.3 is 10.4 Å². The Bertz CT molecular complexity index is 510. The lowest BCUT2D eigenvalue weighted by Crippen LogP contribution is -2.44. The maximum Gasteiger partial charge on any atom is 0.248 e. The average molecular weight is 339 g/mol. The number of aliphatic hydroxyl groups excluding tert-OH is 1. The number of rotatable bonds is 7. The molecular weight excluding hydrogens is 315 g/mol. The molecule has 0 aliphatic carbocycles. The van der Waals surface area contributed by atoms with Crippen LogP contribution in [0.15, 0.2) is 24.3 Å². The van der Waals surface area contributed by atoms with Gasteiger partial charge in [-0.15, -0.1) is 11.8 Å². The van der Waals surface area contributed by atoms with Gasteiger partial charge in [-0.25, -0.2) is 4.39 Å². The Morgan fingerprint density at radius 1 is 1.43 bits per heavy atom. The second-order valence-corrected chi connectivity index (χ2v) is 7.21. The normalized spacial score (nSPS) is 20.0. The molecule has 1 aromatic rings. The number of carbonyl (C=O) groups excluding carboxylic acids is 1. The molecule has 6 heteroatoms. The Morgan fingerprint density at radius 2 is 2.13 bits per heavy atom. The molecule has 1 heterocycles. The number of benzene rings is 1. The summed E-state index contributed by atoms with van der Waals surface area (Å²) in [7, 11) is 0. The largest absolute Gasteiger partial charge is 0.396 e. The number of aliphatic hydroxyl groups is 1. The molecule has 23 heavy (non-hydrogen) atoms. The monoisotopic (exact) mass is 339 g/mol. The van der Waals surface area contributed by atoms with Crippen LogP contribution in [0.3, 0.4) is 0 Å². The summed E-state index contributed by atoms with van der Waals surface area (Å²) < 4.78 is 13.1. The van der Waals surface area contributed by atoms with Gasteiger partial charge in [0, 0.05) is 25.4 Å². The second kappa shape index (κ2) is 8.66.